The molecule has 2 aliphatic rings. The standard InChI is InChI=1S/C15H28N2O/c1-11-4-3-8-17(9-7-11)15(18)14-10-13(16)6-5-12(14)2/h11-14H,3-10,16H2,1-2H3. The lowest BCUT2D eigenvalue weighted by atomic mass is 9.77. The molecular formula is C15H28N2O. The molecule has 104 valence electrons. The topological polar surface area (TPSA) is 46.3 Å². The van der Waals surface area contributed by atoms with Gasteiger partial charge in [0, 0.05) is 25.0 Å². The molecule has 0 spiro atoms. The van der Waals surface area contributed by atoms with E-state index in [4.69, 9.17) is 5.73 Å². The summed E-state index contributed by atoms with van der Waals surface area (Å²) in [6, 6.07) is 0.237. The number of carbonyl (C=O) groups excluding carboxylic acids is 1. The van der Waals surface area contributed by atoms with Gasteiger partial charge in [-0.15, -0.1) is 0 Å². The predicted molar refractivity (Wildman–Crippen MR) is 74.1 cm³/mol. The van der Waals surface area contributed by atoms with Crippen molar-refractivity contribution >= 4 is 5.91 Å². The molecule has 0 bridgehead atoms. The van der Waals surface area contributed by atoms with Gasteiger partial charge in [-0.1, -0.05) is 13.8 Å². The summed E-state index contributed by atoms with van der Waals surface area (Å²) in [5.74, 6) is 1.85. The zero-order chi connectivity index (χ0) is 13.1. The number of hydrogen-bond acceptors (Lipinski definition) is 2. The van der Waals surface area contributed by atoms with Crippen molar-refractivity contribution in [1.29, 1.82) is 0 Å². The molecule has 3 heteroatoms. The first-order chi connectivity index (χ1) is 8.58. The Morgan fingerprint density at radius 2 is 1.89 bits per heavy atom. The van der Waals surface area contributed by atoms with E-state index in [1.165, 1.54) is 19.3 Å². The third-order valence-corrected chi connectivity index (χ3v) is 4.88. The Morgan fingerprint density at radius 3 is 2.67 bits per heavy atom. The highest BCUT2D eigenvalue weighted by molar-refractivity contribution is 5.79. The first-order valence-electron chi connectivity index (χ1n) is 7.62. The zero-order valence-electron chi connectivity index (χ0n) is 11.9. The Hall–Kier alpha value is -0.570. The van der Waals surface area contributed by atoms with Gasteiger partial charge in [-0.25, -0.2) is 0 Å². The number of nitrogens with zero attached hydrogens (tertiary/aromatic N) is 1. The number of amides is 1. The van der Waals surface area contributed by atoms with Crippen LogP contribution in [0.15, 0.2) is 0 Å². The lowest BCUT2D eigenvalue weighted by molar-refractivity contribution is -0.138. The predicted octanol–water partition coefficient (Wildman–Crippen LogP) is 2.40. The second-order valence-electron chi connectivity index (χ2n) is 6.52. The van der Waals surface area contributed by atoms with E-state index < -0.39 is 0 Å². The second kappa shape index (κ2) is 6.05. The number of nitrogens with two attached hydrogens (primary N) is 1. The minimum Gasteiger partial charge on any atom is -0.342 e. The van der Waals surface area contributed by atoms with E-state index in [0.717, 1.165) is 38.3 Å². The molecular weight excluding hydrogens is 224 g/mol. The minimum atomic E-state index is 0.183. The Kier molecular flexibility index (Phi) is 4.66. The van der Waals surface area contributed by atoms with Crippen LogP contribution in [-0.2, 0) is 4.79 Å². The average Bonchev–Trinajstić information content (AvgIpc) is 2.56. The van der Waals surface area contributed by atoms with Gasteiger partial charge in [0.25, 0.3) is 0 Å². The number of likely N-dealkylation sites (tertiary alicyclic amines) is 1. The summed E-state index contributed by atoms with van der Waals surface area (Å²) in [5, 5.41) is 0. The van der Waals surface area contributed by atoms with Gasteiger partial charge in [0.05, 0.1) is 0 Å². The molecule has 1 amide bonds. The fourth-order valence-corrected chi connectivity index (χ4v) is 3.42. The fourth-order valence-electron chi connectivity index (χ4n) is 3.42. The normalized spacial score (nSPS) is 38.3. The van der Waals surface area contributed by atoms with Gasteiger partial charge in [0.15, 0.2) is 0 Å². The van der Waals surface area contributed by atoms with Crippen molar-refractivity contribution in [1.82, 2.24) is 4.90 Å². The maximum Gasteiger partial charge on any atom is 0.226 e. The lowest BCUT2D eigenvalue weighted by Crippen LogP contribution is -2.44. The molecule has 0 aromatic carbocycles. The Bertz CT molecular complexity index is 292. The van der Waals surface area contributed by atoms with E-state index in [2.05, 4.69) is 18.7 Å². The number of carbonyl (C=O) groups is 1. The molecule has 0 radical (unpaired) electrons. The Morgan fingerprint density at radius 1 is 1.11 bits per heavy atom. The van der Waals surface area contributed by atoms with Crippen LogP contribution in [0, 0.1) is 17.8 Å². The summed E-state index contributed by atoms with van der Waals surface area (Å²) in [7, 11) is 0. The summed E-state index contributed by atoms with van der Waals surface area (Å²) >= 11 is 0. The third-order valence-electron chi connectivity index (χ3n) is 4.88. The van der Waals surface area contributed by atoms with Crippen LogP contribution >= 0.6 is 0 Å². The van der Waals surface area contributed by atoms with Gasteiger partial charge in [-0.05, 0) is 50.4 Å². The smallest absolute Gasteiger partial charge is 0.226 e. The zero-order valence-corrected chi connectivity index (χ0v) is 11.9. The lowest BCUT2D eigenvalue weighted by Gasteiger charge is -2.35. The Labute approximate surface area is 111 Å². The second-order valence-corrected chi connectivity index (χ2v) is 6.52. The highest BCUT2D eigenvalue weighted by Crippen LogP contribution is 2.31. The first-order valence-corrected chi connectivity index (χ1v) is 7.62. The fraction of sp³-hybridized carbons (Fsp3) is 0.933. The van der Waals surface area contributed by atoms with Crippen molar-refractivity contribution in [2.75, 3.05) is 13.1 Å². The van der Waals surface area contributed by atoms with E-state index in [9.17, 15) is 4.79 Å². The van der Waals surface area contributed by atoms with Crippen LogP contribution in [0.4, 0.5) is 0 Å². The molecule has 4 atom stereocenters. The molecule has 1 saturated heterocycles. The highest BCUT2D eigenvalue weighted by atomic mass is 16.2. The van der Waals surface area contributed by atoms with E-state index in [-0.39, 0.29) is 12.0 Å². The monoisotopic (exact) mass is 252 g/mol. The molecule has 2 fully saturated rings. The average molecular weight is 252 g/mol. The van der Waals surface area contributed by atoms with E-state index >= 15 is 0 Å². The van der Waals surface area contributed by atoms with Gasteiger partial charge in [0.2, 0.25) is 5.91 Å². The minimum absolute atomic E-state index is 0.183. The molecule has 3 nitrogen and oxygen atoms in total. The van der Waals surface area contributed by atoms with Crippen LogP contribution in [0.2, 0.25) is 0 Å². The maximum absolute atomic E-state index is 12.6. The molecule has 18 heavy (non-hydrogen) atoms. The summed E-state index contributed by atoms with van der Waals surface area (Å²) in [6.07, 6.45) is 6.69. The quantitative estimate of drug-likeness (QED) is 0.779. The molecule has 2 rings (SSSR count). The van der Waals surface area contributed by atoms with Gasteiger partial charge in [0.1, 0.15) is 0 Å². The largest absolute Gasteiger partial charge is 0.342 e. The number of hydrogen-bond donors (Lipinski definition) is 1. The van der Waals surface area contributed by atoms with Crippen LogP contribution in [0.25, 0.3) is 0 Å². The van der Waals surface area contributed by atoms with Gasteiger partial charge >= 0.3 is 0 Å². The first kappa shape index (κ1) is 13.9. The summed E-state index contributed by atoms with van der Waals surface area (Å²) in [5.41, 5.74) is 6.04. The number of rotatable bonds is 1. The van der Waals surface area contributed by atoms with Crippen molar-refractivity contribution in [3.05, 3.63) is 0 Å². The van der Waals surface area contributed by atoms with E-state index in [1.807, 2.05) is 0 Å². The van der Waals surface area contributed by atoms with Gasteiger partial charge in [-0.3, -0.25) is 4.79 Å². The molecule has 2 N–H and O–H groups in total. The summed E-state index contributed by atoms with van der Waals surface area (Å²) in [4.78, 5) is 14.8. The molecule has 0 aromatic heterocycles. The molecule has 1 saturated carbocycles. The molecule has 1 aliphatic carbocycles. The van der Waals surface area contributed by atoms with Gasteiger partial charge < -0.3 is 10.6 Å². The third kappa shape index (κ3) is 3.25. The molecule has 1 heterocycles. The van der Waals surface area contributed by atoms with Crippen LogP contribution in [0.1, 0.15) is 52.4 Å². The summed E-state index contributed by atoms with van der Waals surface area (Å²) in [6.45, 7) is 6.43. The van der Waals surface area contributed by atoms with E-state index in [1.54, 1.807) is 0 Å². The molecule has 1 aliphatic heterocycles. The van der Waals surface area contributed by atoms with E-state index in [0.29, 0.717) is 11.8 Å². The molecule has 0 aromatic rings. The van der Waals surface area contributed by atoms with Crippen molar-refractivity contribution < 1.29 is 4.79 Å². The molecule has 4 unspecified atom stereocenters. The highest BCUT2D eigenvalue weighted by Gasteiger charge is 2.34. The maximum atomic E-state index is 12.6. The van der Waals surface area contributed by atoms with Crippen molar-refractivity contribution in [3.8, 4) is 0 Å². The van der Waals surface area contributed by atoms with Crippen molar-refractivity contribution in [3.63, 3.8) is 0 Å². The van der Waals surface area contributed by atoms with Gasteiger partial charge in [-0.2, -0.15) is 0 Å². The van der Waals surface area contributed by atoms with Crippen molar-refractivity contribution in [2.45, 2.75) is 58.4 Å². The van der Waals surface area contributed by atoms with Crippen LogP contribution in [0.5, 0.6) is 0 Å². The Balaban J connectivity index is 1.96. The van der Waals surface area contributed by atoms with Crippen LogP contribution < -0.4 is 5.73 Å². The summed E-state index contributed by atoms with van der Waals surface area (Å²) < 4.78 is 0. The van der Waals surface area contributed by atoms with Crippen LogP contribution in [-0.4, -0.2) is 29.9 Å². The van der Waals surface area contributed by atoms with Crippen molar-refractivity contribution in [2.24, 2.45) is 23.5 Å². The van der Waals surface area contributed by atoms with Crippen LogP contribution in [0.3, 0.4) is 0 Å². The SMILES string of the molecule is CC1CCCN(C(=O)C2CC(N)CCC2C)CC1.